The molecule has 0 spiro atoms. The molecule has 0 aliphatic carbocycles. The number of hydrogen-bond donors (Lipinski definition) is 1. The zero-order valence-corrected chi connectivity index (χ0v) is 11.4. The van der Waals surface area contributed by atoms with Crippen molar-refractivity contribution in [2.45, 2.75) is 6.92 Å². The predicted octanol–water partition coefficient (Wildman–Crippen LogP) is 3.30. The molecule has 0 bridgehead atoms. The first-order valence-electron chi connectivity index (χ1n) is 5.67. The van der Waals surface area contributed by atoms with Crippen LogP contribution in [0.3, 0.4) is 0 Å². The molecule has 0 unspecified atom stereocenters. The van der Waals surface area contributed by atoms with Crippen LogP contribution in [-0.4, -0.2) is 18.0 Å². The van der Waals surface area contributed by atoms with E-state index in [0.717, 1.165) is 17.0 Å². The number of amides is 1. The summed E-state index contributed by atoms with van der Waals surface area (Å²) in [5.41, 5.74) is 2.12. The number of rotatable bonds is 3. The van der Waals surface area contributed by atoms with Crippen LogP contribution in [0.5, 0.6) is 5.75 Å². The maximum atomic E-state index is 12.0. The highest BCUT2D eigenvalue weighted by Gasteiger charge is 2.08. The van der Waals surface area contributed by atoms with Crippen LogP contribution in [0.4, 0.5) is 5.69 Å². The Hall–Kier alpha value is -2.07. The summed E-state index contributed by atoms with van der Waals surface area (Å²) in [6, 6.07) is 8.66. The zero-order chi connectivity index (χ0) is 13.8. The van der Waals surface area contributed by atoms with Gasteiger partial charge in [0.2, 0.25) is 0 Å². The average molecular weight is 277 g/mol. The van der Waals surface area contributed by atoms with Crippen LogP contribution in [0, 0.1) is 6.92 Å². The molecule has 2 aromatic rings. The molecule has 0 radical (unpaired) electrons. The third kappa shape index (κ3) is 3.23. The summed E-state index contributed by atoms with van der Waals surface area (Å²) in [6.07, 6.45) is 1.44. The minimum Gasteiger partial charge on any atom is -0.497 e. The van der Waals surface area contributed by atoms with Gasteiger partial charge >= 0.3 is 0 Å². The van der Waals surface area contributed by atoms with Crippen molar-refractivity contribution < 1.29 is 9.53 Å². The molecule has 1 aromatic heterocycles. The number of carbonyl (C=O) groups excluding carboxylic acids is 1. The van der Waals surface area contributed by atoms with Gasteiger partial charge in [-0.15, -0.1) is 0 Å². The monoisotopic (exact) mass is 276 g/mol. The molecule has 1 N–H and O–H groups in total. The normalized spacial score (nSPS) is 10.1. The Bertz CT molecular complexity index is 597. The number of hydrogen-bond acceptors (Lipinski definition) is 3. The second-order valence-electron chi connectivity index (χ2n) is 4.00. The van der Waals surface area contributed by atoms with Crippen molar-refractivity contribution >= 4 is 23.2 Å². The molecule has 1 aromatic carbocycles. The number of aromatic nitrogens is 1. The molecule has 4 nitrogen and oxygen atoms in total. The standard InChI is InChI=1S/C14H13ClN2O2/c1-9-7-11(19-2)4-5-12(9)17-14(18)10-3-6-13(15)16-8-10/h3-8H,1-2H3,(H,17,18). The lowest BCUT2D eigenvalue weighted by Crippen LogP contribution is -2.13. The largest absolute Gasteiger partial charge is 0.497 e. The van der Waals surface area contributed by atoms with Gasteiger partial charge in [0.15, 0.2) is 0 Å². The number of benzene rings is 1. The van der Waals surface area contributed by atoms with Gasteiger partial charge in [-0.25, -0.2) is 4.98 Å². The van der Waals surface area contributed by atoms with E-state index >= 15 is 0 Å². The zero-order valence-electron chi connectivity index (χ0n) is 10.6. The minimum absolute atomic E-state index is 0.225. The Balaban J connectivity index is 2.17. The number of anilines is 1. The van der Waals surface area contributed by atoms with Crippen LogP contribution < -0.4 is 10.1 Å². The predicted molar refractivity (Wildman–Crippen MR) is 74.9 cm³/mol. The first-order chi connectivity index (χ1) is 9.10. The Morgan fingerprint density at radius 2 is 2.11 bits per heavy atom. The summed E-state index contributed by atoms with van der Waals surface area (Å²) in [5, 5.41) is 3.18. The number of pyridine rings is 1. The highest BCUT2D eigenvalue weighted by Crippen LogP contribution is 2.21. The maximum Gasteiger partial charge on any atom is 0.257 e. The van der Waals surface area contributed by atoms with Crippen LogP contribution >= 0.6 is 11.6 Å². The van der Waals surface area contributed by atoms with Crippen LogP contribution in [0.2, 0.25) is 5.15 Å². The number of ether oxygens (including phenoxy) is 1. The van der Waals surface area contributed by atoms with Crippen molar-refractivity contribution in [3.8, 4) is 5.75 Å². The molecule has 19 heavy (non-hydrogen) atoms. The van der Waals surface area contributed by atoms with E-state index in [1.165, 1.54) is 6.20 Å². The summed E-state index contributed by atoms with van der Waals surface area (Å²) in [7, 11) is 1.60. The fourth-order valence-electron chi connectivity index (χ4n) is 1.61. The molecule has 98 valence electrons. The summed E-state index contributed by atoms with van der Waals surface area (Å²) < 4.78 is 5.12. The Morgan fingerprint density at radius 1 is 1.32 bits per heavy atom. The van der Waals surface area contributed by atoms with Crippen molar-refractivity contribution in [2.75, 3.05) is 12.4 Å². The molecule has 0 saturated carbocycles. The summed E-state index contributed by atoms with van der Waals surface area (Å²) in [4.78, 5) is 15.9. The fraction of sp³-hybridized carbons (Fsp3) is 0.143. The van der Waals surface area contributed by atoms with Gasteiger partial charge in [0.05, 0.1) is 12.7 Å². The van der Waals surface area contributed by atoms with Gasteiger partial charge in [-0.1, -0.05) is 11.6 Å². The van der Waals surface area contributed by atoms with E-state index in [1.54, 1.807) is 31.4 Å². The second kappa shape index (κ2) is 5.71. The van der Waals surface area contributed by atoms with E-state index in [2.05, 4.69) is 10.3 Å². The molecule has 5 heteroatoms. The van der Waals surface area contributed by atoms with Crippen LogP contribution in [0.1, 0.15) is 15.9 Å². The smallest absolute Gasteiger partial charge is 0.257 e. The molecule has 0 fully saturated rings. The molecular formula is C14H13ClN2O2. The first kappa shape index (κ1) is 13.4. The van der Waals surface area contributed by atoms with Crippen molar-refractivity contribution in [1.29, 1.82) is 0 Å². The van der Waals surface area contributed by atoms with Gasteiger partial charge < -0.3 is 10.1 Å². The van der Waals surface area contributed by atoms with E-state index in [0.29, 0.717) is 10.7 Å². The Kier molecular flexibility index (Phi) is 4.02. The Morgan fingerprint density at radius 3 is 2.68 bits per heavy atom. The van der Waals surface area contributed by atoms with Crippen LogP contribution in [0.15, 0.2) is 36.5 Å². The average Bonchev–Trinajstić information content (AvgIpc) is 2.41. The lowest BCUT2D eigenvalue weighted by Gasteiger charge is -2.09. The van der Waals surface area contributed by atoms with Gasteiger partial charge in [-0.2, -0.15) is 0 Å². The van der Waals surface area contributed by atoms with Gasteiger partial charge in [-0.3, -0.25) is 4.79 Å². The molecule has 0 saturated heterocycles. The third-order valence-corrected chi connectivity index (χ3v) is 2.89. The third-order valence-electron chi connectivity index (χ3n) is 2.67. The highest BCUT2D eigenvalue weighted by molar-refractivity contribution is 6.29. The molecule has 0 atom stereocenters. The summed E-state index contributed by atoms with van der Waals surface area (Å²) in [5.74, 6) is 0.529. The topological polar surface area (TPSA) is 51.2 Å². The van der Waals surface area contributed by atoms with Gasteiger partial charge in [0.25, 0.3) is 5.91 Å². The van der Waals surface area contributed by atoms with E-state index in [9.17, 15) is 4.79 Å². The molecule has 2 rings (SSSR count). The van der Waals surface area contributed by atoms with Crippen molar-refractivity contribution in [3.63, 3.8) is 0 Å². The first-order valence-corrected chi connectivity index (χ1v) is 6.05. The van der Waals surface area contributed by atoms with E-state index in [4.69, 9.17) is 16.3 Å². The Labute approximate surface area is 116 Å². The minimum atomic E-state index is -0.225. The SMILES string of the molecule is COc1ccc(NC(=O)c2ccc(Cl)nc2)c(C)c1. The molecular weight excluding hydrogens is 264 g/mol. The van der Waals surface area contributed by atoms with E-state index in [-0.39, 0.29) is 5.91 Å². The van der Waals surface area contributed by atoms with Crippen molar-refractivity contribution in [1.82, 2.24) is 4.98 Å². The second-order valence-corrected chi connectivity index (χ2v) is 4.39. The maximum absolute atomic E-state index is 12.0. The lowest BCUT2D eigenvalue weighted by molar-refractivity contribution is 0.102. The van der Waals surface area contributed by atoms with Crippen LogP contribution in [0.25, 0.3) is 0 Å². The highest BCUT2D eigenvalue weighted by atomic mass is 35.5. The van der Waals surface area contributed by atoms with Crippen molar-refractivity contribution in [3.05, 3.63) is 52.8 Å². The van der Waals surface area contributed by atoms with Crippen LogP contribution in [-0.2, 0) is 0 Å². The lowest BCUT2D eigenvalue weighted by atomic mass is 10.1. The quantitative estimate of drug-likeness (QED) is 0.875. The van der Waals surface area contributed by atoms with E-state index in [1.807, 2.05) is 13.0 Å². The molecule has 1 heterocycles. The molecule has 0 aliphatic rings. The number of nitrogens with zero attached hydrogens (tertiary/aromatic N) is 1. The molecule has 1 amide bonds. The number of nitrogens with one attached hydrogen (secondary N) is 1. The molecule has 0 aliphatic heterocycles. The van der Waals surface area contributed by atoms with Gasteiger partial charge in [0, 0.05) is 11.9 Å². The number of methoxy groups -OCH3 is 1. The number of halogens is 1. The summed E-state index contributed by atoms with van der Waals surface area (Å²) >= 11 is 5.68. The van der Waals surface area contributed by atoms with Crippen molar-refractivity contribution in [2.24, 2.45) is 0 Å². The fourth-order valence-corrected chi connectivity index (χ4v) is 1.72. The number of aryl methyl sites for hydroxylation is 1. The van der Waals surface area contributed by atoms with Gasteiger partial charge in [0.1, 0.15) is 10.9 Å². The van der Waals surface area contributed by atoms with Gasteiger partial charge in [-0.05, 0) is 42.8 Å². The van der Waals surface area contributed by atoms with E-state index < -0.39 is 0 Å². The summed E-state index contributed by atoms with van der Waals surface area (Å²) in [6.45, 7) is 1.90. The number of carbonyl (C=O) groups is 1.